The van der Waals surface area contributed by atoms with E-state index >= 15 is 0 Å². The Kier molecular flexibility index (Phi) is 6.38. The maximum Gasteiger partial charge on any atom is 0.128 e. The van der Waals surface area contributed by atoms with Crippen LogP contribution in [-0.2, 0) is 6.61 Å². The average Bonchev–Trinajstić information content (AvgIpc) is 2.66. The van der Waals surface area contributed by atoms with E-state index in [1.165, 1.54) is 0 Å². The van der Waals surface area contributed by atoms with Gasteiger partial charge in [-0.25, -0.2) is 0 Å². The summed E-state index contributed by atoms with van der Waals surface area (Å²) in [6.45, 7) is 0.360. The minimum atomic E-state index is 0.360. The van der Waals surface area contributed by atoms with E-state index in [9.17, 15) is 0 Å². The minimum absolute atomic E-state index is 0.360. The topological polar surface area (TPSA) is 24.8 Å². The highest BCUT2D eigenvalue weighted by molar-refractivity contribution is 6.35. The first-order chi connectivity index (χ1) is 13.0. The molecule has 0 aliphatic rings. The second kappa shape index (κ2) is 8.94. The van der Waals surface area contributed by atoms with Gasteiger partial charge in [0.15, 0.2) is 0 Å². The van der Waals surface area contributed by atoms with Crippen molar-refractivity contribution in [2.75, 3.05) is 19.0 Å². The van der Waals surface area contributed by atoms with Gasteiger partial charge in [0.1, 0.15) is 12.4 Å². The lowest BCUT2D eigenvalue weighted by Gasteiger charge is -2.12. The summed E-state index contributed by atoms with van der Waals surface area (Å²) in [6, 6.07) is 21.2. The Morgan fingerprint density at radius 1 is 0.963 bits per heavy atom. The van der Waals surface area contributed by atoms with Crippen molar-refractivity contribution in [3.05, 3.63) is 87.9 Å². The summed E-state index contributed by atoms with van der Waals surface area (Å²) < 4.78 is 5.96. The highest BCUT2D eigenvalue weighted by Crippen LogP contribution is 2.24. The summed E-state index contributed by atoms with van der Waals surface area (Å²) in [5.41, 5.74) is 3.81. The first-order valence-electron chi connectivity index (χ1n) is 8.50. The number of anilines is 1. The molecule has 138 valence electrons. The molecule has 0 saturated heterocycles. The normalized spacial score (nSPS) is 11.0. The van der Waals surface area contributed by atoms with Crippen LogP contribution in [0.25, 0.3) is 0 Å². The molecule has 0 bridgehead atoms. The Hall–Kier alpha value is -2.49. The summed E-state index contributed by atoms with van der Waals surface area (Å²) in [5, 5.41) is 1.20. The van der Waals surface area contributed by atoms with Gasteiger partial charge in [-0.1, -0.05) is 41.4 Å². The number of hydrogen-bond acceptors (Lipinski definition) is 3. The maximum absolute atomic E-state index is 6.22. The summed E-state index contributed by atoms with van der Waals surface area (Å²) in [4.78, 5) is 6.61. The van der Waals surface area contributed by atoms with E-state index in [2.05, 4.69) is 9.89 Å². The summed E-state index contributed by atoms with van der Waals surface area (Å²) >= 11 is 12.2. The van der Waals surface area contributed by atoms with Gasteiger partial charge in [0.25, 0.3) is 0 Å². The van der Waals surface area contributed by atoms with Crippen LogP contribution >= 0.6 is 23.2 Å². The molecule has 0 N–H and O–H groups in total. The van der Waals surface area contributed by atoms with E-state index in [4.69, 9.17) is 27.9 Å². The molecule has 3 rings (SSSR count). The highest BCUT2D eigenvalue weighted by atomic mass is 35.5. The predicted octanol–water partition coefficient (Wildman–Crippen LogP) is 6.39. The van der Waals surface area contributed by atoms with Gasteiger partial charge in [0.05, 0.1) is 5.69 Å². The molecule has 0 amide bonds. The van der Waals surface area contributed by atoms with Gasteiger partial charge < -0.3 is 9.64 Å². The molecule has 27 heavy (non-hydrogen) atoms. The number of hydrogen-bond donors (Lipinski definition) is 0. The van der Waals surface area contributed by atoms with Crippen LogP contribution in [0, 0.1) is 0 Å². The van der Waals surface area contributed by atoms with Crippen molar-refractivity contribution in [1.29, 1.82) is 0 Å². The zero-order valence-corrected chi connectivity index (χ0v) is 16.7. The quantitative estimate of drug-likeness (QED) is 0.449. The number of aliphatic imine (C=N–C) groups is 1. The average molecular weight is 399 g/mol. The lowest BCUT2D eigenvalue weighted by atomic mass is 10.2. The third kappa shape index (κ3) is 5.25. The number of para-hydroxylation sites is 1. The molecule has 3 aromatic carbocycles. The first-order valence-corrected chi connectivity index (χ1v) is 9.26. The Bertz CT molecular complexity index is 937. The standard InChI is InChI=1S/C22H20Cl2N2O/c1-26(2)20-11-9-19(10-12-20)25-14-16-5-3-4-6-22(16)27-15-17-7-8-18(23)13-21(17)24/h3-14H,15H2,1-2H3. The van der Waals surface area contributed by atoms with E-state index < -0.39 is 0 Å². The van der Waals surface area contributed by atoms with E-state index in [0.717, 1.165) is 28.3 Å². The third-order valence-electron chi connectivity index (χ3n) is 4.04. The Balaban J connectivity index is 1.73. The Morgan fingerprint density at radius 2 is 1.70 bits per heavy atom. The monoisotopic (exact) mass is 398 g/mol. The molecule has 0 aromatic heterocycles. The van der Waals surface area contributed by atoms with Crippen LogP contribution in [0.3, 0.4) is 0 Å². The Morgan fingerprint density at radius 3 is 2.41 bits per heavy atom. The molecule has 0 heterocycles. The van der Waals surface area contributed by atoms with Crippen molar-refractivity contribution in [2.45, 2.75) is 6.61 Å². The van der Waals surface area contributed by atoms with Crippen molar-refractivity contribution in [2.24, 2.45) is 4.99 Å². The van der Waals surface area contributed by atoms with Gasteiger partial charge in [-0.15, -0.1) is 0 Å². The van der Waals surface area contributed by atoms with Crippen molar-refractivity contribution >= 4 is 40.8 Å². The minimum Gasteiger partial charge on any atom is -0.488 e. The van der Waals surface area contributed by atoms with Crippen LogP contribution in [0.15, 0.2) is 71.7 Å². The summed E-state index contributed by atoms with van der Waals surface area (Å²) in [5.74, 6) is 0.747. The van der Waals surface area contributed by atoms with E-state index in [1.54, 1.807) is 12.1 Å². The number of nitrogens with zero attached hydrogens (tertiary/aromatic N) is 2. The number of ether oxygens (including phenoxy) is 1. The van der Waals surface area contributed by atoms with Crippen LogP contribution in [-0.4, -0.2) is 20.3 Å². The molecular weight excluding hydrogens is 379 g/mol. The lowest BCUT2D eigenvalue weighted by molar-refractivity contribution is 0.306. The lowest BCUT2D eigenvalue weighted by Crippen LogP contribution is -2.07. The van der Waals surface area contributed by atoms with E-state index in [1.807, 2.05) is 74.9 Å². The smallest absolute Gasteiger partial charge is 0.128 e. The number of benzene rings is 3. The fraction of sp³-hybridized carbons (Fsp3) is 0.136. The molecule has 0 fully saturated rings. The van der Waals surface area contributed by atoms with Crippen LogP contribution in [0.1, 0.15) is 11.1 Å². The molecule has 0 aliphatic heterocycles. The zero-order chi connectivity index (χ0) is 19.2. The fourth-order valence-corrected chi connectivity index (χ4v) is 2.96. The Labute approximate surface area is 169 Å². The fourth-order valence-electron chi connectivity index (χ4n) is 2.49. The highest BCUT2D eigenvalue weighted by Gasteiger charge is 2.05. The van der Waals surface area contributed by atoms with Gasteiger partial charge in [0.2, 0.25) is 0 Å². The second-order valence-corrected chi connectivity index (χ2v) is 7.07. The summed E-state index contributed by atoms with van der Waals surface area (Å²) in [7, 11) is 4.03. The maximum atomic E-state index is 6.22. The molecule has 0 aliphatic carbocycles. The van der Waals surface area contributed by atoms with E-state index in [-0.39, 0.29) is 0 Å². The molecule has 0 atom stereocenters. The van der Waals surface area contributed by atoms with Gasteiger partial charge in [-0.05, 0) is 48.5 Å². The molecule has 0 spiro atoms. The van der Waals surface area contributed by atoms with Crippen LogP contribution in [0.5, 0.6) is 5.75 Å². The molecule has 3 aromatic rings. The number of rotatable bonds is 6. The van der Waals surface area contributed by atoms with Crippen molar-refractivity contribution < 1.29 is 4.74 Å². The predicted molar refractivity (Wildman–Crippen MR) is 115 cm³/mol. The summed E-state index contributed by atoms with van der Waals surface area (Å²) in [6.07, 6.45) is 1.81. The SMILES string of the molecule is CN(C)c1ccc(N=Cc2ccccc2OCc2ccc(Cl)cc2Cl)cc1. The van der Waals surface area contributed by atoms with Crippen LogP contribution < -0.4 is 9.64 Å². The van der Waals surface area contributed by atoms with E-state index in [0.29, 0.717) is 16.7 Å². The van der Waals surface area contributed by atoms with Crippen molar-refractivity contribution in [3.63, 3.8) is 0 Å². The van der Waals surface area contributed by atoms with Crippen LogP contribution in [0.4, 0.5) is 11.4 Å². The molecule has 0 unspecified atom stereocenters. The second-order valence-electron chi connectivity index (χ2n) is 6.23. The molecule has 0 radical (unpaired) electrons. The van der Waals surface area contributed by atoms with Gasteiger partial charge in [-0.3, -0.25) is 4.99 Å². The molecule has 3 nitrogen and oxygen atoms in total. The van der Waals surface area contributed by atoms with Crippen LogP contribution in [0.2, 0.25) is 10.0 Å². The van der Waals surface area contributed by atoms with Crippen molar-refractivity contribution in [1.82, 2.24) is 0 Å². The molecule has 5 heteroatoms. The zero-order valence-electron chi connectivity index (χ0n) is 15.2. The van der Waals surface area contributed by atoms with Crippen molar-refractivity contribution in [3.8, 4) is 5.75 Å². The number of halogens is 2. The van der Waals surface area contributed by atoms with Gasteiger partial charge in [-0.2, -0.15) is 0 Å². The first kappa shape index (κ1) is 19.3. The third-order valence-corrected chi connectivity index (χ3v) is 4.62. The molecule has 0 saturated carbocycles. The van der Waals surface area contributed by atoms with Gasteiger partial charge in [0, 0.05) is 47.2 Å². The largest absolute Gasteiger partial charge is 0.488 e. The molecular formula is C22H20Cl2N2O. The van der Waals surface area contributed by atoms with Gasteiger partial charge >= 0.3 is 0 Å².